The number of aromatic nitrogens is 2. The molecule has 1 aliphatic carbocycles. The Labute approximate surface area is 148 Å². The summed E-state index contributed by atoms with van der Waals surface area (Å²) in [5.41, 5.74) is 0. The highest BCUT2D eigenvalue weighted by atomic mass is 16.2. The van der Waals surface area contributed by atoms with Gasteiger partial charge in [-0.3, -0.25) is 9.59 Å². The number of carbonyl (C=O) groups excluding carboxylic acids is 2. The number of carbonyl (C=O) groups is 2. The maximum atomic E-state index is 12.7. The van der Waals surface area contributed by atoms with Crippen molar-refractivity contribution >= 4 is 17.6 Å². The minimum atomic E-state index is -0.422. The summed E-state index contributed by atoms with van der Waals surface area (Å²) in [6, 6.07) is 3.46. The van der Waals surface area contributed by atoms with Gasteiger partial charge in [0.25, 0.3) is 0 Å². The molecule has 1 aromatic rings. The first-order chi connectivity index (χ1) is 12.1. The van der Waals surface area contributed by atoms with Crippen LogP contribution in [-0.2, 0) is 9.59 Å². The van der Waals surface area contributed by atoms with Gasteiger partial charge in [-0.2, -0.15) is 5.10 Å². The molecule has 2 heterocycles. The maximum absolute atomic E-state index is 12.7. The summed E-state index contributed by atoms with van der Waals surface area (Å²) in [6.45, 7) is 3.11. The summed E-state index contributed by atoms with van der Waals surface area (Å²) < 4.78 is 0. The Morgan fingerprint density at radius 1 is 1.32 bits per heavy atom. The molecule has 7 nitrogen and oxygen atoms in total. The third-order valence-corrected chi connectivity index (χ3v) is 5.14. The van der Waals surface area contributed by atoms with E-state index in [1.54, 1.807) is 6.20 Å². The lowest BCUT2D eigenvalue weighted by molar-refractivity contribution is -0.129. The average Bonchev–Trinajstić information content (AvgIpc) is 2.57. The molecular formula is C18H27N5O2. The van der Waals surface area contributed by atoms with E-state index in [0.717, 1.165) is 51.0 Å². The molecule has 0 radical (unpaired) electrons. The van der Waals surface area contributed by atoms with E-state index < -0.39 is 6.04 Å². The van der Waals surface area contributed by atoms with Crippen molar-refractivity contribution in [1.29, 1.82) is 0 Å². The zero-order valence-electron chi connectivity index (χ0n) is 14.8. The Balaban J connectivity index is 1.56. The van der Waals surface area contributed by atoms with Crippen LogP contribution in [0.15, 0.2) is 18.3 Å². The van der Waals surface area contributed by atoms with Crippen LogP contribution in [0.4, 0.5) is 5.82 Å². The van der Waals surface area contributed by atoms with E-state index in [4.69, 9.17) is 0 Å². The normalized spacial score (nSPS) is 22.0. The summed E-state index contributed by atoms with van der Waals surface area (Å²) in [5, 5.41) is 14.0. The molecule has 0 bridgehead atoms. The van der Waals surface area contributed by atoms with Crippen molar-refractivity contribution < 1.29 is 9.59 Å². The second-order valence-electron chi connectivity index (χ2n) is 7.16. The highest BCUT2D eigenvalue weighted by Gasteiger charge is 2.30. The van der Waals surface area contributed by atoms with E-state index in [-0.39, 0.29) is 17.9 Å². The molecule has 0 aromatic carbocycles. The summed E-state index contributed by atoms with van der Waals surface area (Å²) in [7, 11) is 0. The second kappa shape index (κ2) is 8.27. The smallest absolute Gasteiger partial charge is 0.242 e. The van der Waals surface area contributed by atoms with Crippen LogP contribution >= 0.6 is 0 Å². The average molecular weight is 345 g/mol. The molecule has 2 fully saturated rings. The van der Waals surface area contributed by atoms with Gasteiger partial charge in [0.2, 0.25) is 11.8 Å². The fourth-order valence-electron chi connectivity index (χ4n) is 3.61. The van der Waals surface area contributed by atoms with Crippen LogP contribution in [0.1, 0.15) is 45.4 Å². The van der Waals surface area contributed by atoms with E-state index >= 15 is 0 Å². The predicted octanol–water partition coefficient (Wildman–Crippen LogP) is 1.26. The van der Waals surface area contributed by atoms with Crippen LogP contribution in [0.5, 0.6) is 0 Å². The van der Waals surface area contributed by atoms with Crippen molar-refractivity contribution in [3.8, 4) is 0 Å². The molecule has 2 atom stereocenters. The van der Waals surface area contributed by atoms with E-state index in [1.165, 1.54) is 13.3 Å². The van der Waals surface area contributed by atoms with E-state index in [0.29, 0.717) is 5.92 Å². The van der Waals surface area contributed by atoms with Gasteiger partial charge in [0.1, 0.15) is 6.04 Å². The molecule has 2 amide bonds. The Morgan fingerprint density at radius 3 is 2.80 bits per heavy atom. The summed E-state index contributed by atoms with van der Waals surface area (Å²) in [5.74, 6) is 1.19. The van der Waals surface area contributed by atoms with Gasteiger partial charge in [0.15, 0.2) is 5.82 Å². The molecule has 1 saturated carbocycles. The molecule has 0 spiro atoms. The molecular weight excluding hydrogens is 318 g/mol. The lowest BCUT2D eigenvalue weighted by atomic mass is 9.80. The monoisotopic (exact) mass is 345 g/mol. The van der Waals surface area contributed by atoms with Crippen LogP contribution in [0.3, 0.4) is 0 Å². The number of anilines is 1. The second-order valence-corrected chi connectivity index (χ2v) is 7.16. The Hall–Kier alpha value is -2.18. The third kappa shape index (κ3) is 4.90. The molecule has 25 heavy (non-hydrogen) atoms. The number of piperidine rings is 1. The standard InChI is InChI=1S/C18H27N5O2/c1-13(24)20-16(11-14-5-2-6-14)18(25)21-15-7-4-10-23(12-15)17-8-3-9-19-22-17/h3,8-9,14-16H,2,4-7,10-12H2,1H3,(H,20,24)(H,21,25)/t15?,16-/m1/s1. The summed E-state index contributed by atoms with van der Waals surface area (Å²) in [4.78, 5) is 26.3. The zero-order valence-corrected chi connectivity index (χ0v) is 14.8. The van der Waals surface area contributed by atoms with Crippen molar-refractivity contribution in [3.63, 3.8) is 0 Å². The summed E-state index contributed by atoms with van der Waals surface area (Å²) in [6.07, 6.45) is 7.89. The molecule has 3 rings (SSSR count). The van der Waals surface area contributed by atoms with Crippen LogP contribution in [0.2, 0.25) is 0 Å². The Bertz CT molecular complexity index is 590. The first-order valence-electron chi connectivity index (χ1n) is 9.22. The van der Waals surface area contributed by atoms with Crippen LogP contribution in [0, 0.1) is 5.92 Å². The highest BCUT2D eigenvalue weighted by molar-refractivity contribution is 5.87. The molecule has 1 aliphatic heterocycles. The van der Waals surface area contributed by atoms with Crippen molar-refractivity contribution in [2.24, 2.45) is 5.92 Å². The van der Waals surface area contributed by atoms with Gasteiger partial charge in [-0.05, 0) is 37.3 Å². The number of hydrogen-bond acceptors (Lipinski definition) is 5. The SMILES string of the molecule is CC(=O)N[C@H](CC1CCC1)C(=O)NC1CCCN(c2cccnn2)C1. The molecule has 2 N–H and O–H groups in total. The largest absolute Gasteiger partial charge is 0.353 e. The number of nitrogens with zero attached hydrogens (tertiary/aromatic N) is 3. The molecule has 1 unspecified atom stereocenters. The molecule has 2 aliphatic rings. The van der Waals surface area contributed by atoms with Gasteiger partial charge < -0.3 is 15.5 Å². The Morgan fingerprint density at radius 2 is 2.16 bits per heavy atom. The molecule has 1 saturated heterocycles. The Kier molecular flexibility index (Phi) is 5.83. The molecule has 136 valence electrons. The lowest BCUT2D eigenvalue weighted by Gasteiger charge is -2.35. The van der Waals surface area contributed by atoms with Crippen LogP contribution < -0.4 is 15.5 Å². The predicted molar refractivity (Wildman–Crippen MR) is 95.0 cm³/mol. The summed E-state index contributed by atoms with van der Waals surface area (Å²) >= 11 is 0. The quantitative estimate of drug-likeness (QED) is 0.810. The molecule has 7 heteroatoms. The minimum Gasteiger partial charge on any atom is -0.353 e. The number of hydrogen-bond donors (Lipinski definition) is 2. The van der Waals surface area contributed by atoms with Crippen LogP contribution in [0.25, 0.3) is 0 Å². The van der Waals surface area contributed by atoms with Gasteiger partial charge in [0, 0.05) is 32.3 Å². The van der Waals surface area contributed by atoms with Crippen molar-refractivity contribution in [2.75, 3.05) is 18.0 Å². The number of nitrogens with one attached hydrogen (secondary N) is 2. The fraction of sp³-hybridized carbons (Fsp3) is 0.667. The lowest BCUT2D eigenvalue weighted by Crippen LogP contribution is -2.54. The molecule has 1 aromatic heterocycles. The van der Waals surface area contributed by atoms with Gasteiger partial charge in [-0.15, -0.1) is 5.10 Å². The third-order valence-electron chi connectivity index (χ3n) is 5.14. The topological polar surface area (TPSA) is 87.2 Å². The first kappa shape index (κ1) is 17.6. The minimum absolute atomic E-state index is 0.0619. The maximum Gasteiger partial charge on any atom is 0.242 e. The van der Waals surface area contributed by atoms with Crippen molar-refractivity contribution in [3.05, 3.63) is 18.3 Å². The van der Waals surface area contributed by atoms with Crippen LogP contribution in [-0.4, -0.2) is 47.2 Å². The van der Waals surface area contributed by atoms with E-state index in [2.05, 4.69) is 25.7 Å². The van der Waals surface area contributed by atoms with Gasteiger partial charge in [-0.25, -0.2) is 0 Å². The van der Waals surface area contributed by atoms with Gasteiger partial charge in [-0.1, -0.05) is 19.3 Å². The van der Waals surface area contributed by atoms with Crippen molar-refractivity contribution in [1.82, 2.24) is 20.8 Å². The van der Waals surface area contributed by atoms with Gasteiger partial charge in [0.05, 0.1) is 0 Å². The zero-order chi connectivity index (χ0) is 17.6. The van der Waals surface area contributed by atoms with E-state index in [1.807, 2.05) is 12.1 Å². The van der Waals surface area contributed by atoms with Crippen molar-refractivity contribution in [2.45, 2.75) is 57.5 Å². The fourth-order valence-corrected chi connectivity index (χ4v) is 3.61. The van der Waals surface area contributed by atoms with E-state index in [9.17, 15) is 9.59 Å². The highest BCUT2D eigenvalue weighted by Crippen LogP contribution is 2.30. The van der Waals surface area contributed by atoms with Gasteiger partial charge >= 0.3 is 0 Å². The first-order valence-corrected chi connectivity index (χ1v) is 9.22. The number of amides is 2. The number of rotatable bonds is 6.